The summed E-state index contributed by atoms with van der Waals surface area (Å²) in [4.78, 5) is 12.2. The van der Waals surface area contributed by atoms with Crippen LogP contribution < -0.4 is 0 Å². The summed E-state index contributed by atoms with van der Waals surface area (Å²) in [7, 11) is 0. The molecule has 1 aliphatic carbocycles. The number of para-hydroxylation sites is 1. The summed E-state index contributed by atoms with van der Waals surface area (Å²) in [6.07, 6.45) is 0. The Kier molecular flexibility index (Phi) is 6.47. The Morgan fingerprint density at radius 2 is 1.15 bits per heavy atom. The van der Waals surface area contributed by atoms with E-state index in [4.69, 9.17) is 9.97 Å². The fourth-order valence-electron chi connectivity index (χ4n) is 8.70. The van der Waals surface area contributed by atoms with Crippen LogP contribution >= 0.6 is 11.3 Å². The summed E-state index contributed by atoms with van der Waals surface area (Å²) in [5.41, 5.74) is 14.0. The molecule has 3 aromatic heterocycles. The van der Waals surface area contributed by atoms with E-state index in [2.05, 4.69) is 182 Å². The highest BCUT2D eigenvalue weighted by Crippen LogP contribution is 2.56. The van der Waals surface area contributed by atoms with Gasteiger partial charge >= 0.3 is 0 Å². The summed E-state index contributed by atoms with van der Waals surface area (Å²) in [6, 6.07) is 58.9. The van der Waals surface area contributed by atoms with Crippen LogP contribution in [0.1, 0.15) is 25.0 Å². The van der Waals surface area contributed by atoms with E-state index in [1.165, 1.54) is 59.1 Å². The summed E-state index contributed by atoms with van der Waals surface area (Å²) in [6.45, 7) is 4.75. The van der Waals surface area contributed by atoms with Gasteiger partial charge < -0.3 is 0 Å². The van der Waals surface area contributed by atoms with Crippen LogP contribution in [0.5, 0.6) is 0 Å². The maximum atomic E-state index is 5.46. The maximum Gasteiger partial charge on any atom is 0.235 e. The zero-order valence-electron chi connectivity index (χ0n) is 29.3. The van der Waals surface area contributed by atoms with E-state index in [0.717, 1.165) is 38.8 Å². The molecule has 0 aliphatic heterocycles. The Hall–Kier alpha value is -6.36. The van der Waals surface area contributed by atoms with Crippen LogP contribution in [-0.4, -0.2) is 14.5 Å². The average Bonchev–Trinajstić information content (AvgIpc) is 3.84. The van der Waals surface area contributed by atoms with Gasteiger partial charge in [0.15, 0.2) is 0 Å². The standard InChI is InChI=1S/C49H33N3S/c1-49(2)40-22-11-9-20-37(40)46-43(49)39-27-26-36-35-25-24-34(33-19-13-18-32(28-33)30-14-5-3-6-15-30)29-42(35)52(45(36)47(39)53-46)48-50-41-23-12-10-21-38(41)44(51-48)31-16-7-4-8-17-31/h3-29H,1-2H3. The van der Waals surface area contributed by atoms with Gasteiger partial charge in [0, 0.05) is 32.0 Å². The largest absolute Gasteiger partial charge is 0.276 e. The van der Waals surface area contributed by atoms with Gasteiger partial charge in [0.25, 0.3) is 0 Å². The second-order valence-corrected chi connectivity index (χ2v) is 15.6. The summed E-state index contributed by atoms with van der Waals surface area (Å²) in [5, 5.41) is 4.75. The molecule has 0 radical (unpaired) electrons. The molecule has 0 N–H and O–H groups in total. The zero-order valence-corrected chi connectivity index (χ0v) is 30.2. The molecule has 4 heteroatoms. The molecule has 250 valence electrons. The number of rotatable bonds is 4. The minimum Gasteiger partial charge on any atom is -0.276 e. The molecular weight excluding hydrogens is 663 g/mol. The lowest BCUT2D eigenvalue weighted by atomic mass is 9.81. The van der Waals surface area contributed by atoms with Crippen molar-refractivity contribution in [3.05, 3.63) is 175 Å². The van der Waals surface area contributed by atoms with E-state index < -0.39 is 0 Å². The minimum absolute atomic E-state index is 0.106. The van der Waals surface area contributed by atoms with Gasteiger partial charge in [0.1, 0.15) is 0 Å². The summed E-state index contributed by atoms with van der Waals surface area (Å²) < 4.78 is 3.62. The molecule has 0 fully saturated rings. The summed E-state index contributed by atoms with van der Waals surface area (Å²) >= 11 is 1.91. The minimum atomic E-state index is -0.106. The van der Waals surface area contributed by atoms with Crippen molar-refractivity contribution >= 4 is 54.1 Å². The quantitative estimate of drug-likeness (QED) is 0.183. The lowest BCUT2D eigenvalue weighted by Gasteiger charge is -2.21. The van der Waals surface area contributed by atoms with E-state index in [9.17, 15) is 0 Å². The van der Waals surface area contributed by atoms with Crippen molar-refractivity contribution in [3.8, 4) is 49.9 Å². The molecule has 53 heavy (non-hydrogen) atoms. The monoisotopic (exact) mass is 695 g/mol. The third-order valence-electron chi connectivity index (χ3n) is 11.2. The fraction of sp³-hybridized carbons (Fsp3) is 0.0612. The van der Waals surface area contributed by atoms with Crippen molar-refractivity contribution in [2.45, 2.75) is 19.3 Å². The maximum absolute atomic E-state index is 5.46. The lowest BCUT2D eigenvalue weighted by molar-refractivity contribution is 0.667. The van der Waals surface area contributed by atoms with E-state index >= 15 is 0 Å². The number of aromatic nitrogens is 3. The Morgan fingerprint density at radius 3 is 1.98 bits per heavy atom. The Balaban J connectivity index is 1.24. The van der Waals surface area contributed by atoms with Crippen LogP contribution in [-0.2, 0) is 5.41 Å². The van der Waals surface area contributed by atoms with E-state index in [1.54, 1.807) is 0 Å². The van der Waals surface area contributed by atoms with E-state index in [-0.39, 0.29) is 5.41 Å². The van der Waals surface area contributed by atoms with Gasteiger partial charge in [-0.05, 0) is 62.5 Å². The predicted molar refractivity (Wildman–Crippen MR) is 223 cm³/mol. The third-order valence-corrected chi connectivity index (χ3v) is 12.4. The molecule has 0 atom stereocenters. The SMILES string of the molecule is CC1(C)c2ccccc2-c2sc3c(ccc4c5ccc(-c6cccc(-c7ccccc7)c6)cc5n(-c5nc(-c6ccccc6)c6ccccc6n5)c43)c21. The van der Waals surface area contributed by atoms with Crippen LogP contribution in [0.2, 0.25) is 0 Å². The molecule has 7 aromatic carbocycles. The van der Waals surface area contributed by atoms with Gasteiger partial charge in [-0.1, -0.05) is 159 Å². The Morgan fingerprint density at radius 1 is 0.509 bits per heavy atom. The van der Waals surface area contributed by atoms with Crippen molar-refractivity contribution < 1.29 is 0 Å². The molecule has 0 saturated carbocycles. The topological polar surface area (TPSA) is 30.7 Å². The van der Waals surface area contributed by atoms with Gasteiger partial charge in [-0.3, -0.25) is 4.57 Å². The highest BCUT2D eigenvalue weighted by atomic mass is 32.1. The third kappa shape index (κ3) is 4.46. The van der Waals surface area contributed by atoms with Gasteiger partial charge in [-0.25, -0.2) is 9.97 Å². The van der Waals surface area contributed by atoms with Crippen LogP contribution in [0, 0.1) is 0 Å². The first-order chi connectivity index (χ1) is 26.0. The van der Waals surface area contributed by atoms with Crippen molar-refractivity contribution in [2.75, 3.05) is 0 Å². The van der Waals surface area contributed by atoms with Crippen LogP contribution in [0.3, 0.4) is 0 Å². The summed E-state index contributed by atoms with van der Waals surface area (Å²) in [5.74, 6) is 0.679. The fourth-order valence-corrected chi connectivity index (χ4v) is 10.2. The average molecular weight is 696 g/mol. The first kappa shape index (κ1) is 30.3. The lowest BCUT2D eigenvalue weighted by Crippen LogP contribution is -2.14. The van der Waals surface area contributed by atoms with E-state index in [0.29, 0.717) is 5.95 Å². The van der Waals surface area contributed by atoms with Crippen molar-refractivity contribution in [2.24, 2.45) is 0 Å². The highest BCUT2D eigenvalue weighted by Gasteiger charge is 2.39. The number of benzene rings is 7. The van der Waals surface area contributed by atoms with Crippen molar-refractivity contribution in [3.63, 3.8) is 0 Å². The highest BCUT2D eigenvalue weighted by molar-refractivity contribution is 7.23. The van der Waals surface area contributed by atoms with Crippen molar-refractivity contribution in [1.82, 2.24) is 14.5 Å². The second kappa shape index (κ2) is 11.3. The number of nitrogens with zero attached hydrogens (tertiary/aromatic N) is 3. The molecule has 0 unspecified atom stereocenters. The predicted octanol–water partition coefficient (Wildman–Crippen LogP) is 13.2. The van der Waals surface area contributed by atoms with Gasteiger partial charge in [0.2, 0.25) is 5.95 Å². The zero-order chi connectivity index (χ0) is 35.3. The van der Waals surface area contributed by atoms with Crippen molar-refractivity contribution in [1.29, 1.82) is 0 Å². The van der Waals surface area contributed by atoms with Gasteiger partial charge in [-0.2, -0.15) is 0 Å². The molecule has 1 aliphatic rings. The smallest absolute Gasteiger partial charge is 0.235 e. The molecule has 3 heterocycles. The molecule has 0 spiro atoms. The van der Waals surface area contributed by atoms with Crippen LogP contribution in [0.4, 0.5) is 0 Å². The van der Waals surface area contributed by atoms with E-state index in [1.807, 2.05) is 11.3 Å². The number of hydrogen-bond acceptors (Lipinski definition) is 3. The molecular formula is C49H33N3S. The van der Waals surface area contributed by atoms with Gasteiger partial charge in [-0.15, -0.1) is 11.3 Å². The number of thiophene rings is 1. The first-order valence-electron chi connectivity index (χ1n) is 18.2. The molecule has 0 bridgehead atoms. The number of fused-ring (bicyclic) bond motifs is 10. The second-order valence-electron chi connectivity index (χ2n) is 14.6. The molecule has 0 saturated heterocycles. The molecule has 0 amide bonds. The Labute approximate surface area is 311 Å². The molecule has 3 nitrogen and oxygen atoms in total. The number of hydrogen-bond donors (Lipinski definition) is 0. The van der Waals surface area contributed by atoms with Crippen LogP contribution in [0.15, 0.2) is 164 Å². The normalized spacial score (nSPS) is 13.2. The first-order valence-corrected chi connectivity index (χ1v) is 19.0. The van der Waals surface area contributed by atoms with Crippen LogP contribution in [0.25, 0.3) is 92.7 Å². The van der Waals surface area contributed by atoms with Gasteiger partial charge in [0.05, 0.1) is 26.9 Å². The Bertz CT molecular complexity index is 3080. The molecule has 10 aromatic rings. The molecule has 11 rings (SSSR count).